The van der Waals surface area contributed by atoms with Crippen LogP contribution in [0.2, 0.25) is 0 Å². The highest BCUT2D eigenvalue weighted by Crippen LogP contribution is 2.44. The second kappa shape index (κ2) is 6.37. The van der Waals surface area contributed by atoms with Gasteiger partial charge in [-0.2, -0.15) is 0 Å². The van der Waals surface area contributed by atoms with Crippen LogP contribution in [0.25, 0.3) is 0 Å². The first-order valence-corrected chi connectivity index (χ1v) is 9.31. The predicted octanol–water partition coefficient (Wildman–Crippen LogP) is 5.31. The smallest absolute Gasteiger partial charge is 0.113 e. The molecular weight excluding hydrogens is 276 g/mol. The molecule has 2 rings (SSSR count). The molecule has 0 aliphatic heterocycles. The molecule has 3 heteroatoms. The van der Waals surface area contributed by atoms with Gasteiger partial charge in [0, 0.05) is 5.38 Å². The monoisotopic (exact) mass is 308 g/mol. The zero-order valence-electron chi connectivity index (χ0n) is 14.6. The van der Waals surface area contributed by atoms with Crippen LogP contribution in [0.3, 0.4) is 0 Å². The first kappa shape index (κ1) is 17.0. The van der Waals surface area contributed by atoms with Gasteiger partial charge in [-0.1, -0.05) is 41.0 Å². The SMILES string of the molecule is CNC1(c2nc(C(C)C)cs2)CCCC(C(C)(C)C)CC1. The molecule has 21 heavy (non-hydrogen) atoms. The van der Waals surface area contributed by atoms with Crippen molar-refractivity contribution in [2.24, 2.45) is 11.3 Å². The van der Waals surface area contributed by atoms with Gasteiger partial charge < -0.3 is 5.32 Å². The second-order valence-corrected chi connectivity index (χ2v) is 8.92. The van der Waals surface area contributed by atoms with E-state index in [1.165, 1.54) is 42.8 Å². The number of hydrogen-bond acceptors (Lipinski definition) is 3. The lowest BCUT2D eigenvalue weighted by atomic mass is 9.76. The molecule has 1 N–H and O–H groups in total. The molecule has 1 aromatic heterocycles. The molecule has 120 valence electrons. The summed E-state index contributed by atoms with van der Waals surface area (Å²) in [6.07, 6.45) is 6.41. The third kappa shape index (κ3) is 3.68. The van der Waals surface area contributed by atoms with Crippen LogP contribution >= 0.6 is 11.3 Å². The zero-order chi connectivity index (χ0) is 15.7. The van der Waals surface area contributed by atoms with Crippen molar-refractivity contribution < 1.29 is 0 Å². The normalized spacial score (nSPS) is 27.9. The summed E-state index contributed by atoms with van der Waals surface area (Å²) in [5, 5.41) is 7.21. The van der Waals surface area contributed by atoms with Gasteiger partial charge in [-0.3, -0.25) is 0 Å². The van der Waals surface area contributed by atoms with Crippen LogP contribution < -0.4 is 5.32 Å². The van der Waals surface area contributed by atoms with E-state index < -0.39 is 0 Å². The fourth-order valence-corrected chi connectivity index (χ4v) is 4.80. The van der Waals surface area contributed by atoms with Crippen molar-refractivity contribution in [3.8, 4) is 0 Å². The minimum absolute atomic E-state index is 0.109. The summed E-state index contributed by atoms with van der Waals surface area (Å²) < 4.78 is 0. The lowest BCUT2D eigenvalue weighted by Crippen LogP contribution is -2.39. The molecule has 2 unspecified atom stereocenters. The number of aromatic nitrogens is 1. The van der Waals surface area contributed by atoms with E-state index in [0.717, 1.165) is 5.92 Å². The fraction of sp³-hybridized carbons (Fsp3) is 0.833. The maximum absolute atomic E-state index is 4.96. The Kier molecular flexibility index (Phi) is 5.15. The molecule has 1 fully saturated rings. The molecule has 1 saturated carbocycles. The molecule has 0 amide bonds. The molecule has 0 bridgehead atoms. The molecule has 0 radical (unpaired) electrons. The van der Waals surface area contributed by atoms with E-state index >= 15 is 0 Å². The van der Waals surface area contributed by atoms with Gasteiger partial charge in [0.15, 0.2) is 0 Å². The summed E-state index contributed by atoms with van der Waals surface area (Å²) in [7, 11) is 2.12. The van der Waals surface area contributed by atoms with Crippen LogP contribution in [-0.4, -0.2) is 12.0 Å². The van der Waals surface area contributed by atoms with Gasteiger partial charge in [-0.15, -0.1) is 11.3 Å². The minimum Gasteiger partial charge on any atom is -0.308 e. The molecule has 1 heterocycles. The summed E-state index contributed by atoms with van der Waals surface area (Å²) in [6.45, 7) is 11.6. The van der Waals surface area contributed by atoms with Gasteiger partial charge in [0.05, 0.1) is 11.2 Å². The number of hydrogen-bond donors (Lipinski definition) is 1. The third-order valence-electron chi connectivity index (χ3n) is 5.30. The van der Waals surface area contributed by atoms with Crippen molar-refractivity contribution in [3.05, 3.63) is 16.1 Å². The van der Waals surface area contributed by atoms with Gasteiger partial charge in [-0.05, 0) is 50.0 Å². The van der Waals surface area contributed by atoms with E-state index in [-0.39, 0.29) is 5.54 Å². The summed E-state index contributed by atoms with van der Waals surface area (Å²) in [5.74, 6) is 1.36. The Balaban J connectivity index is 2.21. The molecule has 0 saturated heterocycles. The van der Waals surface area contributed by atoms with Crippen molar-refractivity contribution in [3.63, 3.8) is 0 Å². The number of rotatable bonds is 3. The molecule has 1 aliphatic carbocycles. The molecule has 2 atom stereocenters. The minimum atomic E-state index is 0.109. The highest BCUT2D eigenvalue weighted by atomic mass is 32.1. The zero-order valence-corrected chi connectivity index (χ0v) is 15.4. The molecule has 1 aromatic rings. The number of thiazole rings is 1. The predicted molar refractivity (Wildman–Crippen MR) is 93.0 cm³/mol. The summed E-state index contributed by atoms with van der Waals surface area (Å²) in [4.78, 5) is 4.96. The van der Waals surface area contributed by atoms with Crippen LogP contribution in [0.1, 0.15) is 83.3 Å². The largest absolute Gasteiger partial charge is 0.308 e. The number of nitrogens with zero attached hydrogens (tertiary/aromatic N) is 1. The molecule has 0 aromatic carbocycles. The lowest BCUT2D eigenvalue weighted by Gasteiger charge is -2.32. The van der Waals surface area contributed by atoms with E-state index in [0.29, 0.717) is 11.3 Å². The summed E-state index contributed by atoms with van der Waals surface area (Å²) in [5.41, 5.74) is 1.79. The van der Waals surface area contributed by atoms with Crippen molar-refractivity contribution in [2.75, 3.05) is 7.05 Å². The van der Waals surface area contributed by atoms with Gasteiger partial charge in [0.1, 0.15) is 5.01 Å². The van der Waals surface area contributed by atoms with E-state index in [4.69, 9.17) is 4.98 Å². The second-order valence-electron chi connectivity index (χ2n) is 8.06. The molecule has 0 spiro atoms. The first-order chi connectivity index (χ1) is 9.78. The van der Waals surface area contributed by atoms with Crippen LogP contribution in [0, 0.1) is 11.3 Å². The third-order valence-corrected chi connectivity index (χ3v) is 6.37. The Labute approximate surface area is 134 Å². The van der Waals surface area contributed by atoms with Crippen molar-refractivity contribution >= 4 is 11.3 Å². The Bertz CT molecular complexity index is 458. The maximum Gasteiger partial charge on any atom is 0.113 e. The van der Waals surface area contributed by atoms with E-state index in [1.807, 2.05) is 11.3 Å². The van der Waals surface area contributed by atoms with Crippen molar-refractivity contribution in [1.82, 2.24) is 10.3 Å². The first-order valence-electron chi connectivity index (χ1n) is 8.43. The number of nitrogens with one attached hydrogen (secondary N) is 1. The highest BCUT2D eigenvalue weighted by molar-refractivity contribution is 7.09. The van der Waals surface area contributed by atoms with Gasteiger partial charge >= 0.3 is 0 Å². The summed E-state index contributed by atoms with van der Waals surface area (Å²) in [6, 6.07) is 0. The molecular formula is C18H32N2S. The standard InChI is InChI=1S/C18H32N2S/c1-13(2)15-12-21-16(20-15)18(19-6)10-7-8-14(9-11-18)17(3,4)5/h12-14,19H,7-11H2,1-6H3. The van der Waals surface area contributed by atoms with Gasteiger partial charge in [-0.25, -0.2) is 4.98 Å². The average Bonchev–Trinajstić information content (AvgIpc) is 2.79. The van der Waals surface area contributed by atoms with Crippen LogP contribution in [0.5, 0.6) is 0 Å². The fourth-order valence-electron chi connectivity index (χ4n) is 3.55. The van der Waals surface area contributed by atoms with Crippen LogP contribution in [-0.2, 0) is 5.54 Å². The quantitative estimate of drug-likeness (QED) is 0.766. The van der Waals surface area contributed by atoms with E-state index in [2.05, 4.69) is 52.4 Å². The van der Waals surface area contributed by atoms with Gasteiger partial charge in [0.2, 0.25) is 0 Å². The lowest BCUT2D eigenvalue weighted by molar-refractivity contribution is 0.207. The van der Waals surface area contributed by atoms with E-state index in [9.17, 15) is 0 Å². The van der Waals surface area contributed by atoms with E-state index in [1.54, 1.807) is 0 Å². The van der Waals surface area contributed by atoms with Crippen LogP contribution in [0.4, 0.5) is 0 Å². The topological polar surface area (TPSA) is 24.9 Å². The summed E-state index contributed by atoms with van der Waals surface area (Å²) >= 11 is 1.85. The van der Waals surface area contributed by atoms with Gasteiger partial charge in [0.25, 0.3) is 0 Å². The Morgan fingerprint density at radius 3 is 2.52 bits per heavy atom. The Hall–Kier alpha value is -0.410. The highest BCUT2D eigenvalue weighted by Gasteiger charge is 2.38. The maximum atomic E-state index is 4.96. The Morgan fingerprint density at radius 1 is 1.29 bits per heavy atom. The van der Waals surface area contributed by atoms with Crippen molar-refractivity contribution in [2.45, 2.75) is 78.2 Å². The van der Waals surface area contributed by atoms with Crippen molar-refractivity contribution in [1.29, 1.82) is 0 Å². The average molecular weight is 309 g/mol. The molecule has 2 nitrogen and oxygen atoms in total. The molecule has 1 aliphatic rings. The van der Waals surface area contributed by atoms with Crippen LogP contribution in [0.15, 0.2) is 5.38 Å². The Morgan fingerprint density at radius 2 is 2.00 bits per heavy atom.